The molecule has 1 amide bonds. The smallest absolute Gasteiger partial charge is 0.265 e. The number of carbonyl (C=O) groups excluding carboxylic acids is 1. The molecule has 4 aromatic rings. The van der Waals surface area contributed by atoms with Gasteiger partial charge >= 0.3 is 0 Å². The van der Waals surface area contributed by atoms with Gasteiger partial charge in [-0.1, -0.05) is 24.6 Å². The van der Waals surface area contributed by atoms with Crippen molar-refractivity contribution in [1.29, 1.82) is 0 Å². The van der Waals surface area contributed by atoms with Crippen LogP contribution < -0.4 is 14.4 Å². The molecule has 0 bridgehead atoms. The number of nitrogens with one attached hydrogen (secondary N) is 1. The van der Waals surface area contributed by atoms with Crippen molar-refractivity contribution < 1.29 is 17.9 Å². The molecule has 4 rings (SSSR count). The molecule has 0 aliphatic heterocycles. The van der Waals surface area contributed by atoms with E-state index in [9.17, 15) is 13.2 Å². The van der Waals surface area contributed by atoms with E-state index in [1.807, 2.05) is 26.0 Å². The van der Waals surface area contributed by atoms with Crippen molar-refractivity contribution >= 4 is 48.7 Å². The molecule has 0 unspecified atom stereocenters. The molecule has 0 saturated heterocycles. The number of rotatable bonds is 8. The normalized spacial score (nSPS) is 11.4. The van der Waals surface area contributed by atoms with Gasteiger partial charge in [0.15, 0.2) is 0 Å². The number of amides is 1. The molecule has 0 atom stereocenters. The molecule has 1 N–H and O–H groups in total. The second-order valence-electron chi connectivity index (χ2n) is 7.91. The fraction of sp³-hybridized carbons (Fsp3) is 0.192. The number of benzene rings is 3. The molecule has 0 radical (unpaired) electrons. The standard InChI is InChI=1S/C26H26N2O4S2/c1-4-15-28(34(30,31)23-12-5-18(2)6-13-23)21-9-14-24-19(16-21)17-25(33-24)26(29)27-20-7-10-22(32-3)11-8-20/h5-14,16-17H,4,15H2,1-3H3,(H,27,29). The fourth-order valence-corrected chi connectivity index (χ4v) is 6.08. The second-order valence-corrected chi connectivity index (χ2v) is 10.9. The van der Waals surface area contributed by atoms with Gasteiger partial charge in [0.25, 0.3) is 15.9 Å². The Labute approximate surface area is 203 Å². The summed E-state index contributed by atoms with van der Waals surface area (Å²) in [5, 5.41) is 3.71. The first-order valence-corrected chi connectivity index (χ1v) is 13.2. The van der Waals surface area contributed by atoms with E-state index >= 15 is 0 Å². The molecule has 0 aliphatic carbocycles. The van der Waals surface area contributed by atoms with Crippen LogP contribution in [0, 0.1) is 6.92 Å². The maximum atomic E-state index is 13.4. The van der Waals surface area contributed by atoms with Gasteiger partial charge in [0.2, 0.25) is 0 Å². The van der Waals surface area contributed by atoms with Gasteiger partial charge in [0, 0.05) is 16.9 Å². The van der Waals surface area contributed by atoms with Crippen LogP contribution in [0.5, 0.6) is 5.75 Å². The lowest BCUT2D eigenvalue weighted by atomic mass is 10.2. The summed E-state index contributed by atoms with van der Waals surface area (Å²) in [7, 11) is -2.12. The van der Waals surface area contributed by atoms with Crippen LogP contribution in [-0.4, -0.2) is 28.0 Å². The SMILES string of the molecule is CCCN(c1ccc2sc(C(=O)Nc3ccc(OC)cc3)cc2c1)S(=O)(=O)c1ccc(C)cc1. The zero-order valence-electron chi connectivity index (χ0n) is 19.2. The Morgan fingerprint density at radius 2 is 1.71 bits per heavy atom. The minimum atomic E-state index is -3.71. The monoisotopic (exact) mass is 494 g/mol. The summed E-state index contributed by atoms with van der Waals surface area (Å²) < 4.78 is 34.3. The van der Waals surface area contributed by atoms with Crippen LogP contribution in [0.2, 0.25) is 0 Å². The third kappa shape index (κ3) is 4.93. The molecule has 0 fully saturated rings. The highest BCUT2D eigenvalue weighted by Gasteiger charge is 2.25. The van der Waals surface area contributed by atoms with E-state index in [0.29, 0.717) is 35.0 Å². The topological polar surface area (TPSA) is 75.7 Å². The van der Waals surface area contributed by atoms with Gasteiger partial charge in [0.05, 0.1) is 22.6 Å². The van der Waals surface area contributed by atoms with Crippen molar-refractivity contribution in [3.8, 4) is 5.75 Å². The van der Waals surface area contributed by atoms with Crippen molar-refractivity contribution in [2.24, 2.45) is 0 Å². The maximum Gasteiger partial charge on any atom is 0.265 e. The number of ether oxygens (including phenoxy) is 1. The van der Waals surface area contributed by atoms with E-state index in [2.05, 4.69) is 5.32 Å². The molecule has 1 heterocycles. The lowest BCUT2D eigenvalue weighted by Gasteiger charge is -2.24. The van der Waals surface area contributed by atoms with E-state index in [0.717, 1.165) is 15.6 Å². The molecule has 0 aliphatic rings. The van der Waals surface area contributed by atoms with Crippen molar-refractivity contribution in [1.82, 2.24) is 0 Å². The van der Waals surface area contributed by atoms with Gasteiger partial charge in [-0.05, 0) is 79.4 Å². The highest BCUT2D eigenvalue weighted by atomic mass is 32.2. The first-order chi connectivity index (χ1) is 16.3. The first kappa shape index (κ1) is 23.8. The average Bonchev–Trinajstić information content (AvgIpc) is 3.27. The summed E-state index contributed by atoms with van der Waals surface area (Å²) in [5.41, 5.74) is 2.25. The summed E-state index contributed by atoms with van der Waals surface area (Å²) >= 11 is 1.37. The number of aryl methyl sites for hydroxylation is 1. The molecule has 0 spiro atoms. The van der Waals surface area contributed by atoms with Gasteiger partial charge in [-0.15, -0.1) is 11.3 Å². The summed E-state index contributed by atoms with van der Waals surface area (Å²) in [6, 6.07) is 21.3. The summed E-state index contributed by atoms with van der Waals surface area (Å²) in [5.74, 6) is 0.496. The first-order valence-electron chi connectivity index (χ1n) is 10.9. The zero-order chi connectivity index (χ0) is 24.3. The van der Waals surface area contributed by atoms with Gasteiger partial charge in [-0.3, -0.25) is 9.10 Å². The van der Waals surface area contributed by atoms with E-state index in [1.165, 1.54) is 15.6 Å². The van der Waals surface area contributed by atoms with Crippen LogP contribution in [-0.2, 0) is 10.0 Å². The van der Waals surface area contributed by atoms with Crippen LogP contribution in [0.3, 0.4) is 0 Å². The largest absolute Gasteiger partial charge is 0.497 e. The molecule has 6 nitrogen and oxygen atoms in total. The van der Waals surface area contributed by atoms with Crippen molar-refractivity contribution in [2.45, 2.75) is 25.2 Å². The number of hydrogen-bond acceptors (Lipinski definition) is 5. The van der Waals surface area contributed by atoms with Crippen LogP contribution in [0.25, 0.3) is 10.1 Å². The molecule has 3 aromatic carbocycles. The number of nitrogens with zero attached hydrogens (tertiary/aromatic N) is 1. The fourth-order valence-electron chi connectivity index (χ4n) is 3.59. The van der Waals surface area contributed by atoms with Crippen LogP contribution in [0.15, 0.2) is 77.7 Å². The summed E-state index contributed by atoms with van der Waals surface area (Å²) in [6.45, 7) is 4.23. The lowest BCUT2D eigenvalue weighted by Crippen LogP contribution is -2.31. The second kappa shape index (κ2) is 9.87. The molecule has 34 heavy (non-hydrogen) atoms. The number of sulfonamides is 1. The van der Waals surface area contributed by atoms with Crippen molar-refractivity contribution in [2.75, 3.05) is 23.3 Å². The highest BCUT2D eigenvalue weighted by molar-refractivity contribution is 7.92. The Morgan fingerprint density at radius 1 is 1.00 bits per heavy atom. The summed E-state index contributed by atoms with van der Waals surface area (Å²) in [4.78, 5) is 13.6. The number of hydrogen-bond donors (Lipinski definition) is 1. The molecular weight excluding hydrogens is 468 g/mol. The van der Waals surface area contributed by atoms with Gasteiger partial charge < -0.3 is 10.1 Å². The predicted molar refractivity (Wildman–Crippen MR) is 139 cm³/mol. The number of fused-ring (bicyclic) bond motifs is 1. The Kier molecular flexibility index (Phi) is 6.90. The quantitative estimate of drug-likeness (QED) is 0.322. The molecular formula is C26H26N2O4S2. The van der Waals surface area contributed by atoms with Crippen molar-refractivity contribution in [3.63, 3.8) is 0 Å². The van der Waals surface area contributed by atoms with Crippen LogP contribution >= 0.6 is 11.3 Å². The van der Waals surface area contributed by atoms with E-state index < -0.39 is 10.0 Å². The number of anilines is 2. The molecule has 0 saturated carbocycles. The lowest BCUT2D eigenvalue weighted by molar-refractivity contribution is 0.103. The Hall–Kier alpha value is -3.36. The Bertz CT molecular complexity index is 1410. The zero-order valence-corrected chi connectivity index (χ0v) is 20.9. The van der Waals surface area contributed by atoms with Crippen LogP contribution in [0.1, 0.15) is 28.6 Å². The van der Waals surface area contributed by atoms with E-state index in [-0.39, 0.29) is 10.8 Å². The summed E-state index contributed by atoms with van der Waals surface area (Å²) in [6.07, 6.45) is 0.669. The van der Waals surface area contributed by atoms with Crippen molar-refractivity contribution in [3.05, 3.63) is 83.2 Å². The maximum absolute atomic E-state index is 13.4. The number of thiophene rings is 1. The molecule has 8 heteroatoms. The van der Waals surface area contributed by atoms with Crippen LogP contribution in [0.4, 0.5) is 11.4 Å². The average molecular weight is 495 g/mol. The van der Waals surface area contributed by atoms with Gasteiger partial charge in [-0.25, -0.2) is 8.42 Å². The van der Waals surface area contributed by atoms with Gasteiger partial charge in [0.1, 0.15) is 5.75 Å². The molecule has 1 aromatic heterocycles. The molecule has 176 valence electrons. The minimum Gasteiger partial charge on any atom is -0.497 e. The predicted octanol–water partition coefficient (Wildman–Crippen LogP) is 6.08. The third-order valence-corrected chi connectivity index (χ3v) is 8.35. The number of methoxy groups -OCH3 is 1. The van der Waals surface area contributed by atoms with Gasteiger partial charge in [-0.2, -0.15) is 0 Å². The number of carbonyl (C=O) groups is 1. The van der Waals surface area contributed by atoms with E-state index in [1.54, 1.807) is 67.8 Å². The minimum absolute atomic E-state index is 0.217. The Morgan fingerprint density at radius 3 is 2.35 bits per heavy atom. The van der Waals surface area contributed by atoms with E-state index in [4.69, 9.17) is 4.74 Å². The Balaban J connectivity index is 1.62. The third-order valence-electron chi connectivity index (χ3n) is 5.40. The highest BCUT2D eigenvalue weighted by Crippen LogP contribution is 2.32.